The van der Waals surface area contributed by atoms with Crippen LogP contribution in [-0.2, 0) is 13.0 Å². The third-order valence-electron chi connectivity index (χ3n) is 3.23. The minimum atomic E-state index is -0.413. The topological polar surface area (TPSA) is 64.4 Å². The molecule has 2 aromatic rings. The number of methoxy groups -OCH3 is 1. The fourth-order valence-corrected chi connectivity index (χ4v) is 2.07. The molecule has 5 nitrogen and oxygen atoms in total. The minimum Gasteiger partial charge on any atom is -0.496 e. The first-order valence-corrected chi connectivity index (χ1v) is 6.77. The zero-order chi connectivity index (χ0) is 15.2. The summed E-state index contributed by atoms with van der Waals surface area (Å²) in [7, 11) is 1.50. The molecule has 2 rings (SSSR count). The lowest BCUT2D eigenvalue weighted by Gasteiger charge is -2.09. The van der Waals surface area contributed by atoms with Crippen LogP contribution in [-0.4, -0.2) is 12.0 Å². The van der Waals surface area contributed by atoms with Gasteiger partial charge in [-0.05, 0) is 35.7 Å². The Bertz CT molecular complexity index is 641. The van der Waals surface area contributed by atoms with Crippen LogP contribution in [0.15, 0.2) is 42.5 Å². The van der Waals surface area contributed by atoms with E-state index in [1.165, 1.54) is 18.7 Å². The van der Waals surface area contributed by atoms with E-state index in [9.17, 15) is 10.1 Å². The molecular weight excluding hydrogens is 268 g/mol. The van der Waals surface area contributed by atoms with Crippen molar-refractivity contribution >= 4 is 11.4 Å². The molecular formula is C16H18N2O3. The highest BCUT2D eigenvalue weighted by atomic mass is 16.6. The summed E-state index contributed by atoms with van der Waals surface area (Å²) in [5.74, 6) is 0.489. The molecule has 21 heavy (non-hydrogen) atoms. The van der Waals surface area contributed by atoms with E-state index >= 15 is 0 Å². The Morgan fingerprint density at radius 3 is 2.67 bits per heavy atom. The molecule has 0 spiro atoms. The summed E-state index contributed by atoms with van der Waals surface area (Å²) in [5, 5.41) is 14.2. The molecule has 0 aliphatic heterocycles. The number of aryl methyl sites for hydroxylation is 1. The molecule has 0 fully saturated rings. The van der Waals surface area contributed by atoms with E-state index in [-0.39, 0.29) is 5.69 Å². The summed E-state index contributed by atoms with van der Waals surface area (Å²) in [5.41, 5.74) is 3.09. The Morgan fingerprint density at radius 2 is 2.00 bits per heavy atom. The molecule has 2 aromatic carbocycles. The molecule has 0 atom stereocenters. The van der Waals surface area contributed by atoms with Crippen molar-refractivity contribution in [3.8, 4) is 5.75 Å². The smallest absolute Gasteiger partial charge is 0.273 e. The summed E-state index contributed by atoms with van der Waals surface area (Å²) in [6.45, 7) is 2.61. The van der Waals surface area contributed by atoms with Gasteiger partial charge >= 0.3 is 0 Å². The quantitative estimate of drug-likeness (QED) is 0.648. The fraction of sp³-hybridized carbons (Fsp3) is 0.250. The van der Waals surface area contributed by atoms with Crippen molar-refractivity contribution in [2.75, 3.05) is 12.4 Å². The predicted molar refractivity (Wildman–Crippen MR) is 82.8 cm³/mol. The second-order valence-electron chi connectivity index (χ2n) is 4.70. The molecule has 0 aromatic heterocycles. The highest BCUT2D eigenvalue weighted by Crippen LogP contribution is 2.23. The number of nitro groups is 1. The van der Waals surface area contributed by atoms with Crippen LogP contribution in [0.4, 0.5) is 11.4 Å². The van der Waals surface area contributed by atoms with Crippen LogP contribution >= 0.6 is 0 Å². The highest BCUT2D eigenvalue weighted by molar-refractivity contribution is 5.48. The lowest BCUT2D eigenvalue weighted by Crippen LogP contribution is -2.01. The SMILES string of the molecule is CCc1cccc(NCc2cc(OC)cc([N+](=O)[O-])c2)c1. The van der Waals surface area contributed by atoms with Gasteiger partial charge in [0.25, 0.3) is 5.69 Å². The lowest BCUT2D eigenvalue weighted by molar-refractivity contribution is -0.385. The number of nitrogens with one attached hydrogen (secondary N) is 1. The van der Waals surface area contributed by atoms with Crippen molar-refractivity contribution in [1.82, 2.24) is 0 Å². The molecule has 0 aliphatic carbocycles. The lowest BCUT2D eigenvalue weighted by atomic mass is 10.1. The molecule has 0 heterocycles. The van der Waals surface area contributed by atoms with Crippen LogP contribution in [0.25, 0.3) is 0 Å². The third-order valence-corrected chi connectivity index (χ3v) is 3.23. The first-order valence-electron chi connectivity index (χ1n) is 6.77. The van der Waals surface area contributed by atoms with Gasteiger partial charge in [-0.2, -0.15) is 0 Å². The van der Waals surface area contributed by atoms with Crippen molar-refractivity contribution in [2.24, 2.45) is 0 Å². The largest absolute Gasteiger partial charge is 0.496 e. The van der Waals surface area contributed by atoms with E-state index in [1.54, 1.807) is 12.1 Å². The molecule has 0 saturated heterocycles. The van der Waals surface area contributed by atoms with Gasteiger partial charge in [0.2, 0.25) is 0 Å². The Morgan fingerprint density at radius 1 is 1.19 bits per heavy atom. The van der Waals surface area contributed by atoms with Gasteiger partial charge < -0.3 is 10.1 Å². The number of ether oxygens (including phenoxy) is 1. The van der Waals surface area contributed by atoms with E-state index in [1.807, 2.05) is 12.1 Å². The maximum atomic E-state index is 10.9. The number of anilines is 1. The molecule has 110 valence electrons. The normalized spacial score (nSPS) is 10.2. The average Bonchev–Trinajstić information content (AvgIpc) is 2.52. The van der Waals surface area contributed by atoms with Gasteiger partial charge in [0.1, 0.15) is 5.75 Å². The van der Waals surface area contributed by atoms with Crippen molar-refractivity contribution in [2.45, 2.75) is 19.9 Å². The predicted octanol–water partition coefficient (Wildman–Crippen LogP) is 3.78. The molecule has 0 bridgehead atoms. The first kappa shape index (κ1) is 14.8. The minimum absolute atomic E-state index is 0.0356. The fourth-order valence-electron chi connectivity index (χ4n) is 2.07. The molecule has 0 amide bonds. The van der Waals surface area contributed by atoms with Gasteiger partial charge in [0, 0.05) is 18.3 Å². The van der Waals surface area contributed by atoms with Crippen LogP contribution < -0.4 is 10.1 Å². The van der Waals surface area contributed by atoms with E-state index in [2.05, 4.69) is 24.4 Å². The van der Waals surface area contributed by atoms with Crippen LogP contribution in [0.3, 0.4) is 0 Å². The standard InChI is InChI=1S/C16H18N2O3/c1-3-12-5-4-6-14(7-12)17-11-13-8-15(18(19)20)10-16(9-13)21-2/h4-10,17H,3,11H2,1-2H3. The molecule has 5 heteroatoms. The van der Waals surface area contributed by atoms with E-state index in [0.29, 0.717) is 12.3 Å². The number of nitro benzene ring substituents is 1. The second-order valence-corrected chi connectivity index (χ2v) is 4.70. The number of non-ortho nitro benzene ring substituents is 1. The van der Waals surface area contributed by atoms with Crippen molar-refractivity contribution in [3.05, 3.63) is 63.7 Å². The number of nitrogens with zero attached hydrogens (tertiary/aromatic N) is 1. The molecule has 1 N–H and O–H groups in total. The van der Waals surface area contributed by atoms with Gasteiger partial charge in [-0.25, -0.2) is 0 Å². The maximum Gasteiger partial charge on any atom is 0.273 e. The van der Waals surface area contributed by atoms with Crippen molar-refractivity contribution in [1.29, 1.82) is 0 Å². The van der Waals surface area contributed by atoms with E-state index in [0.717, 1.165) is 17.7 Å². The summed E-state index contributed by atoms with van der Waals surface area (Å²) in [4.78, 5) is 10.5. The molecule has 0 saturated carbocycles. The number of benzene rings is 2. The Balaban J connectivity index is 2.15. The maximum absolute atomic E-state index is 10.9. The Kier molecular flexibility index (Phi) is 4.77. The summed E-state index contributed by atoms with van der Waals surface area (Å²) < 4.78 is 5.10. The Hall–Kier alpha value is -2.56. The van der Waals surface area contributed by atoms with Crippen LogP contribution in [0, 0.1) is 10.1 Å². The zero-order valence-corrected chi connectivity index (χ0v) is 12.1. The zero-order valence-electron chi connectivity index (χ0n) is 12.1. The van der Waals surface area contributed by atoms with Gasteiger partial charge in [-0.15, -0.1) is 0 Å². The summed E-state index contributed by atoms with van der Waals surface area (Å²) in [6, 6.07) is 12.9. The first-order chi connectivity index (χ1) is 10.1. The molecule has 0 aliphatic rings. The van der Waals surface area contributed by atoms with Crippen molar-refractivity contribution < 1.29 is 9.66 Å². The summed E-state index contributed by atoms with van der Waals surface area (Å²) in [6.07, 6.45) is 0.972. The molecule has 0 unspecified atom stereocenters. The third kappa shape index (κ3) is 3.95. The average molecular weight is 286 g/mol. The van der Waals surface area contributed by atoms with Gasteiger partial charge in [-0.3, -0.25) is 10.1 Å². The number of hydrogen-bond donors (Lipinski definition) is 1. The summed E-state index contributed by atoms with van der Waals surface area (Å²) >= 11 is 0. The van der Waals surface area contributed by atoms with Gasteiger partial charge in [-0.1, -0.05) is 19.1 Å². The number of hydrogen-bond acceptors (Lipinski definition) is 4. The number of rotatable bonds is 6. The van der Waals surface area contributed by atoms with Crippen LogP contribution in [0.2, 0.25) is 0 Å². The Labute approximate surface area is 123 Å². The van der Waals surface area contributed by atoms with Gasteiger partial charge in [0.15, 0.2) is 0 Å². The van der Waals surface area contributed by atoms with Gasteiger partial charge in [0.05, 0.1) is 18.1 Å². The molecule has 0 radical (unpaired) electrons. The van der Waals surface area contributed by atoms with Crippen LogP contribution in [0.5, 0.6) is 5.75 Å². The van der Waals surface area contributed by atoms with E-state index < -0.39 is 4.92 Å². The second kappa shape index (κ2) is 6.74. The monoisotopic (exact) mass is 286 g/mol. The van der Waals surface area contributed by atoms with Crippen LogP contribution in [0.1, 0.15) is 18.1 Å². The van der Waals surface area contributed by atoms with E-state index in [4.69, 9.17) is 4.74 Å². The van der Waals surface area contributed by atoms with Crippen molar-refractivity contribution in [3.63, 3.8) is 0 Å². The highest BCUT2D eigenvalue weighted by Gasteiger charge is 2.10.